The fraction of sp³-hybridized carbons (Fsp3) is 0.286. The predicted molar refractivity (Wildman–Crippen MR) is 68.7 cm³/mol. The Hall–Kier alpha value is -2.14. The molecule has 0 spiro atoms. The van der Waals surface area contributed by atoms with Gasteiger partial charge in [0.05, 0.1) is 13.2 Å². The van der Waals surface area contributed by atoms with Crippen LogP contribution in [0, 0.1) is 0 Å². The quantitative estimate of drug-likeness (QED) is 0.824. The lowest BCUT2D eigenvalue weighted by Crippen LogP contribution is -2.40. The first-order chi connectivity index (χ1) is 9.34. The van der Waals surface area contributed by atoms with Crippen molar-refractivity contribution >= 4 is 5.91 Å². The van der Waals surface area contributed by atoms with E-state index in [1.54, 1.807) is 11.0 Å². The molecule has 5 nitrogen and oxygen atoms in total. The molecule has 1 amide bonds. The number of ether oxygens (including phenoxy) is 1. The molecule has 1 aliphatic heterocycles. The van der Waals surface area contributed by atoms with Crippen LogP contribution in [0.3, 0.4) is 0 Å². The molecule has 0 unspecified atom stereocenters. The van der Waals surface area contributed by atoms with Gasteiger partial charge in [-0.3, -0.25) is 4.79 Å². The molecule has 3 rings (SSSR count). The maximum Gasteiger partial charge on any atom is 0.276 e. The van der Waals surface area contributed by atoms with Gasteiger partial charge in [-0.25, -0.2) is 0 Å². The van der Waals surface area contributed by atoms with Crippen molar-refractivity contribution in [1.29, 1.82) is 0 Å². The Balaban J connectivity index is 1.79. The molecular formula is C14H14N2O3. The number of carbonyl (C=O) groups excluding carboxylic acids is 1. The van der Waals surface area contributed by atoms with E-state index in [2.05, 4.69) is 5.16 Å². The Kier molecular flexibility index (Phi) is 3.29. The summed E-state index contributed by atoms with van der Waals surface area (Å²) in [6.45, 7) is 2.36. The van der Waals surface area contributed by atoms with E-state index in [0.29, 0.717) is 37.8 Å². The SMILES string of the molecule is O=C(c1cc(-c2ccccc2)on1)N1CCOCC1. The molecule has 2 aromatic rings. The van der Waals surface area contributed by atoms with Gasteiger partial charge in [0.2, 0.25) is 0 Å². The molecule has 0 radical (unpaired) electrons. The number of benzene rings is 1. The molecule has 0 bridgehead atoms. The first kappa shape index (κ1) is 11.9. The van der Waals surface area contributed by atoms with E-state index in [4.69, 9.17) is 9.26 Å². The van der Waals surface area contributed by atoms with Gasteiger partial charge >= 0.3 is 0 Å². The minimum absolute atomic E-state index is 0.103. The first-order valence-electron chi connectivity index (χ1n) is 6.24. The number of rotatable bonds is 2. The van der Waals surface area contributed by atoms with Crippen molar-refractivity contribution in [2.75, 3.05) is 26.3 Å². The summed E-state index contributed by atoms with van der Waals surface area (Å²) < 4.78 is 10.5. The largest absolute Gasteiger partial charge is 0.378 e. The summed E-state index contributed by atoms with van der Waals surface area (Å²) in [6.07, 6.45) is 0. The second-order valence-electron chi connectivity index (χ2n) is 4.35. The Labute approximate surface area is 110 Å². The average Bonchev–Trinajstić information content (AvgIpc) is 2.98. The molecule has 1 saturated heterocycles. The number of aromatic nitrogens is 1. The van der Waals surface area contributed by atoms with Crippen molar-refractivity contribution in [2.45, 2.75) is 0 Å². The molecule has 0 atom stereocenters. The number of amides is 1. The predicted octanol–water partition coefficient (Wildman–Crippen LogP) is 1.81. The van der Waals surface area contributed by atoms with Crippen molar-refractivity contribution in [3.05, 3.63) is 42.1 Å². The highest BCUT2D eigenvalue weighted by Crippen LogP contribution is 2.20. The molecule has 5 heteroatoms. The number of carbonyl (C=O) groups is 1. The average molecular weight is 258 g/mol. The Bertz CT molecular complexity index is 559. The standard InChI is InChI=1S/C14H14N2O3/c17-14(16-6-8-18-9-7-16)12-10-13(19-15-12)11-4-2-1-3-5-11/h1-5,10H,6-9H2. The maximum atomic E-state index is 12.2. The third-order valence-electron chi connectivity index (χ3n) is 3.09. The van der Waals surface area contributed by atoms with Gasteiger partial charge in [-0.1, -0.05) is 35.5 Å². The molecule has 19 heavy (non-hydrogen) atoms. The van der Waals surface area contributed by atoms with E-state index >= 15 is 0 Å². The highest BCUT2D eigenvalue weighted by Gasteiger charge is 2.22. The van der Waals surface area contributed by atoms with Crippen molar-refractivity contribution in [1.82, 2.24) is 10.1 Å². The molecule has 2 heterocycles. The van der Waals surface area contributed by atoms with Gasteiger partial charge in [-0.15, -0.1) is 0 Å². The van der Waals surface area contributed by atoms with Crippen LogP contribution in [0.15, 0.2) is 40.9 Å². The smallest absolute Gasteiger partial charge is 0.276 e. The molecule has 0 saturated carbocycles. The lowest BCUT2D eigenvalue weighted by atomic mass is 10.1. The summed E-state index contributed by atoms with van der Waals surface area (Å²) in [5, 5.41) is 3.86. The van der Waals surface area contributed by atoms with Gasteiger partial charge in [-0.2, -0.15) is 0 Å². The van der Waals surface area contributed by atoms with Crippen LogP contribution in [0.2, 0.25) is 0 Å². The second kappa shape index (κ2) is 5.24. The highest BCUT2D eigenvalue weighted by atomic mass is 16.5. The van der Waals surface area contributed by atoms with Gasteiger partial charge in [0.25, 0.3) is 5.91 Å². The molecule has 98 valence electrons. The van der Waals surface area contributed by atoms with Crippen LogP contribution in [0.1, 0.15) is 10.5 Å². The summed E-state index contributed by atoms with van der Waals surface area (Å²) >= 11 is 0. The van der Waals surface area contributed by atoms with E-state index in [1.165, 1.54) is 0 Å². The summed E-state index contributed by atoms with van der Waals surface area (Å²) in [7, 11) is 0. The summed E-state index contributed by atoms with van der Waals surface area (Å²) in [4.78, 5) is 13.9. The lowest BCUT2D eigenvalue weighted by Gasteiger charge is -2.25. The van der Waals surface area contributed by atoms with Crippen LogP contribution in [0.5, 0.6) is 0 Å². The molecule has 1 aliphatic rings. The summed E-state index contributed by atoms with van der Waals surface area (Å²) in [6, 6.07) is 11.3. The summed E-state index contributed by atoms with van der Waals surface area (Å²) in [5.41, 5.74) is 1.26. The second-order valence-corrected chi connectivity index (χ2v) is 4.35. The van der Waals surface area contributed by atoms with E-state index in [1.807, 2.05) is 30.3 Å². The van der Waals surface area contributed by atoms with Crippen LogP contribution in [-0.4, -0.2) is 42.3 Å². The normalized spacial score (nSPS) is 15.5. The van der Waals surface area contributed by atoms with Crippen molar-refractivity contribution in [3.8, 4) is 11.3 Å². The minimum Gasteiger partial charge on any atom is -0.378 e. The summed E-state index contributed by atoms with van der Waals surface area (Å²) in [5.74, 6) is 0.506. The zero-order chi connectivity index (χ0) is 13.1. The van der Waals surface area contributed by atoms with Gasteiger partial charge in [0.15, 0.2) is 11.5 Å². The topological polar surface area (TPSA) is 55.6 Å². The number of hydrogen-bond donors (Lipinski definition) is 0. The van der Waals surface area contributed by atoms with Crippen LogP contribution in [0.25, 0.3) is 11.3 Å². The number of nitrogens with zero attached hydrogens (tertiary/aromatic N) is 2. The fourth-order valence-electron chi connectivity index (χ4n) is 2.04. The van der Waals surface area contributed by atoms with Crippen LogP contribution in [-0.2, 0) is 4.74 Å². The van der Waals surface area contributed by atoms with Crippen molar-refractivity contribution in [3.63, 3.8) is 0 Å². The third kappa shape index (κ3) is 2.51. The molecule has 1 aromatic heterocycles. The van der Waals surface area contributed by atoms with E-state index in [9.17, 15) is 4.79 Å². The minimum atomic E-state index is -0.103. The maximum absolute atomic E-state index is 12.2. The van der Waals surface area contributed by atoms with E-state index < -0.39 is 0 Å². The van der Waals surface area contributed by atoms with Gasteiger partial charge in [0, 0.05) is 24.7 Å². The molecule has 1 fully saturated rings. The lowest BCUT2D eigenvalue weighted by molar-refractivity contribution is 0.0296. The number of hydrogen-bond acceptors (Lipinski definition) is 4. The molecule has 1 aromatic carbocycles. The number of morpholine rings is 1. The Morgan fingerprint density at radius 3 is 2.63 bits per heavy atom. The zero-order valence-corrected chi connectivity index (χ0v) is 10.4. The Morgan fingerprint density at radius 2 is 1.89 bits per heavy atom. The van der Waals surface area contributed by atoms with Crippen molar-refractivity contribution in [2.24, 2.45) is 0 Å². The van der Waals surface area contributed by atoms with Crippen molar-refractivity contribution < 1.29 is 14.1 Å². The van der Waals surface area contributed by atoms with E-state index in [-0.39, 0.29) is 5.91 Å². The zero-order valence-electron chi connectivity index (χ0n) is 10.4. The third-order valence-corrected chi connectivity index (χ3v) is 3.09. The van der Waals surface area contributed by atoms with Crippen LogP contribution < -0.4 is 0 Å². The van der Waals surface area contributed by atoms with Gasteiger partial charge in [-0.05, 0) is 0 Å². The van der Waals surface area contributed by atoms with Gasteiger partial charge < -0.3 is 14.2 Å². The van der Waals surface area contributed by atoms with Crippen LogP contribution in [0.4, 0.5) is 0 Å². The Morgan fingerprint density at radius 1 is 1.16 bits per heavy atom. The highest BCUT2D eigenvalue weighted by molar-refractivity contribution is 5.93. The van der Waals surface area contributed by atoms with E-state index in [0.717, 1.165) is 5.56 Å². The van der Waals surface area contributed by atoms with Gasteiger partial charge in [0.1, 0.15) is 0 Å². The molecule has 0 N–H and O–H groups in total. The molecule has 0 aliphatic carbocycles. The van der Waals surface area contributed by atoms with Crippen LogP contribution >= 0.6 is 0 Å². The fourth-order valence-corrected chi connectivity index (χ4v) is 2.04. The molecular weight excluding hydrogens is 244 g/mol. The monoisotopic (exact) mass is 258 g/mol. The first-order valence-corrected chi connectivity index (χ1v) is 6.24.